The lowest BCUT2D eigenvalue weighted by atomic mass is 10.2. The zero-order valence-electron chi connectivity index (χ0n) is 5.63. The SMILES string of the molecule is COC1C=C(CO)CC1. The van der Waals surface area contributed by atoms with Gasteiger partial charge in [0.1, 0.15) is 0 Å². The molecule has 0 heterocycles. The molecule has 0 amide bonds. The van der Waals surface area contributed by atoms with Crippen LogP contribution in [0.3, 0.4) is 0 Å². The van der Waals surface area contributed by atoms with Gasteiger partial charge >= 0.3 is 0 Å². The Labute approximate surface area is 55.1 Å². The molecule has 1 N–H and O–H groups in total. The predicted octanol–water partition coefficient (Wildman–Crippen LogP) is 0.714. The molecule has 1 unspecified atom stereocenters. The second-order valence-electron chi connectivity index (χ2n) is 2.30. The van der Waals surface area contributed by atoms with Crippen molar-refractivity contribution in [2.24, 2.45) is 0 Å². The van der Waals surface area contributed by atoms with Crippen LogP contribution in [0, 0.1) is 0 Å². The van der Waals surface area contributed by atoms with Crippen molar-refractivity contribution in [3.63, 3.8) is 0 Å². The van der Waals surface area contributed by atoms with Gasteiger partial charge in [0.15, 0.2) is 0 Å². The largest absolute Gasteiger partial charge is 0.392 e. The van der Waals surface area contributed by atoms with Gasteiger partial charge in [0.2, 0.25) is 0 Å². The summed E-state index contributed by atoms with van der Waals surface area (Å²) in [5, 5.41) is 8.66. The molecule has 0 fully saturated rings. The van der Waals surface area contributed by atoms with E-state index in [2.05, 4.69) is 0 Å². The lowest BCUT2D eigenvalue weighted by molar-refractivity contribution is 0.141. The minimum absolute atomic E-state index is 0.194. The molecule has 1 atom stereocenters. The molecule has 0 bridgehead atoms. The quantitative estimate of drug-likeness (QED) is 0.555. The highest BCUT2D eigenvalue weighted by Crippen LogP contribution is 2.19. The van der Waals surface area contributed by atoms with Crippen LogP contribution in [0.5, 0.6) is 0 Å². The van der Waals surface area contributed by atoms with Crippen LogP contribution < -0.4 is 0 Å². The summed E-state index contributed by atoms with van der Waals surface area (Å²) in [6.07, 6.45) is 4.29. The minimum Gasteiger partial charge on any atom is -0.392 e. The number of hydrogen-bond donors (Lipinski definition) is 1. The van der Waals surface area contributed by atoms with Crippen molar-refractivity contribution in [1.82, 2.24) is 0 Å². The van der Waals surface area contributed by atoms with Crippen LogP contribution in [0.2, 0.25) is 0 Å². The van der Waals surface area contributed by atoms with Crippen molar-refractivity contribution in [1.29, 1.82) is 0 Å². The number of methoxy groups -OCH3 is 1. The lowest BCUT2D eigenvalue weighted by Crippen LogP contribution is -2.00. The molecular formula is C7H12O2. The second-order valence-corrected chi connectivity index (χ2v) is 2.30. The van der Waals surface area contributed by atoms with E-state index in [1.165, 1.54) is 0 Å². The molecule has 0 aromatic heterocycles. The van der Waals surface area contributed by atoms with E-state index in [4.69, 9.17) is 9.84 Å². The number of rotatable bonds is 2. The highest BCUT2D eigenvalue weighted by atomic mass is 16.5. The van der Waals surface area contributed by atoms with Crippen molar-refractivity contribution >= 4 is 0 Å². The van der Waals surface area contributed by atoms with Gasteiger partial charge in [0.05, 0.1) is 12.7 Å². The first-order valence-electron chi connectivity index (χ1n) is 3.20. The van der Waals surface area contributed by atoms with E-state index in [0.29, 0.717) is 0 Å². The minimum atomic E-state index is 0.194. The van der Waals surface area contributed by atoms with Crippen molar-refractivity contribution in [2.75, 3.05) is 13.7 Å². The van der Waals surface area contributed by atoms with E-state index < -0.39 is 0 Å². The van der Waals surface area contributed by atoms with Crippen LogP contribution in [0.4, 0.5) is 0 Å². The molecule has 0 saturated carbocycles. The third kappa shape index (κ3) is 1.53. The van der Waals surface area contributed by atoms with Gasteiger partial charge in [-0.05, 0) is 18.4 Å². The molecule has 0 saturated heterocycles. The molecule has 0 radical (unpaired) electrons. The van der Waals surface area contributed by atoms with E-state index >= 15 is 0 Å². The number of hydrogen-bond acceptors (Lipinski definition) is 2. The Hall–Kier alpha value is -0.340. The predicted molar refractivity (Wildman–Crippen MR) is 35.2 cm³/mol. The van der Waals surface area contributed by atoms with Gasteiger partial charge < -0.3 is 9.84 Å². The Morgan fingerprint density at radius 3 is 3.00 bits per heavy atom. The van der Waals surface area contributed by atoms with Gasteiger partial charge in [0.25, 0.3) is 0 Å². The molecule has 0 aliphatic heterocycles. The summed E-state index contributed by atoms with van der Waals surface area (Å²) in [6.45, 7) is 0.194. The van der Waals surface area contributed by atoms with Crippen molar-refractivity contribution in [2.45, 2.75) is 18.9 Å². The Kier molecular flexibility index (Phi) is 2.25. The van der Waals surface area contributed by atoms with Gasteiger partial charge in [-0.1, -0.05) is 6.08 Å². The Morgan fingerprint density at radius 2 is 2.67 bits per heavy atom. The highest BCUT2D eigenvalue weighted by molar-refractivity contribution is 5.12. The monoisotopic (exact) mass is 128 g/mol. The fourth-order valence-corrected chi connectivity index (χ4v) is 1.07. The smallest absolute Gasteiger partial charge is 0.0758 e. The Bertz CT molecular complexity index is 118. The molecule has 1 rings (SSSR count). The molecule has 1 aliphatic rings. The van der Waals surface area contributed by atoms with Gasteiger partial charge in [0, 0.05) is 7.11 Å². The zero-order valence-corrected chi connectivity index (χ0v) is 5.63. The fraction of sp³-hybridized carbons (Fsp3) is 0.714. The first kappa shape index (κ1) is 6.78. The van der Waals surface area contributed by atoms with Gasteiger partial charge in [-0.2, -0.15) is 0 Å². The van der Waals surface area contributed by atoms with E-state index in [1.54, 1.807) is 7.11 Å². The maximum atomic E-state index is 8.66. The summed E-state index contributed by atoms with van der Waals surface area (Å²) in [5.41, 5.74) is 1.11. The van der Waals surface area contributed by atoms with Crippen LogP contribution in [0.15, 0.2) is 11.6 Å². The molecule has 2 nitrogen and oxygen atoms in total. The van der Waals surface area contributed by atoms with Crippen LogP contribution in [0.1, 0.15) is 12.8 Å². The maximum absolute atomic E-state index is 8.66. The third-order valence-corrected chi connectivity index (χ3v) is 1.68. The lowest BCUT2D eigenvalue weighted by Gasteiger charge is -2.00. The van der Waals surface area contributed by atoms with E-state index in [1.807, 2.05) is 6.08 Å². The summed E-state index contributed by atoms with van der Waals surface area (Å²) in [6, 6.07) is 0. The molecular weight excluding hydrogens is 116 g/mol. The van der Waals surface area contributed by atoms with Crippen molar-refractivity contribution in [3.8, 4) is 0 Å². The van der Waals surface area contributed by atoms with E-state index in [-0.39, 0.29) is 12.7 Å². The average molecular weight is 128 g/mol. The van der Waals surface area contributed by atoms with Crippen molar-refractivity contribution in [3.05, 3.63) is 11.6 Å². The van der Waals surface area contributed by atoms with E-state index in [0.717, 1.165) is 18.4 Å². The highest BCUT2D eigenvalue weighted by Gasteiger charge is 2.13. The maximum Gasteiger partial charge on any atom is 0.0758 e. The Balaban J connectivity index is 2.40. The van der Waals surface area contributed by atoms with Crippen molar-refractivity contribution < 1.29 is 9.84 Å². The van der Waals surface area contributed by atoms with E-state index in [9.17, 15) is 0 Å². The topological polar surface area (TPSA) is 29.5 Å². The average Bonchev–Trinajstić information content (AvgIpc) is 2.34. The second kappa shape index (κ2) is 2.99. The summed E-state index contributed by atoms with van der Waals surface area (Å²) in [5.74, 6) is 0. The van der Waals surface area contributed by atoms with Gasteiger partial charge in [-0.3, -0.25) is 0 Å². The standard InChI is InChI=1S/C7H12O2/c1-9-7-3-2-6(4-7)5-8/h4,7-8H,2-3,5H2,1H3. The molecule has 9 heavy (non-hydrogen) atoms. The first-order chi connectivity index (χ1) is 4.36. The summed E-state index contributed by atoms with van der Waals surface area (Å²) < 4.78 is 5.06. The van der Waals surface area contributed by atoms with Crippen LogP contribution >= 0.6 is 0 Å². The molecule has 0 aromatic carbocycles. The molecule has 52 valence electrons. The number of ether oxygens (including phenoxy) is 1. The molecule has 2 heteroatoms. The summed E-state index contributed by atoms with van der Waals surface area (Å²) in [7, 11) is 1.70. The summed E-state index contributed by atoms with van der Waals surface area (Å²) in [4.78, 5) is 0. The van der Waals surface area contributed by atoms with Crippen LogP contribution in [-0.4, -0.2) is 24.9 Å². The first-order valence-corrected chi connectivity index (χ1v) is 3.20. The molecule has 0 aromatic rings. The Morgan fingerprint density at radius 1 is 1.89 bits per heavy atom. The van der Waals surface area contributed by atoms with Crippen LogP contribution in [-0.2, 0) is 4.74 Å². The fourth-order valence-electron chi connectivity index (χ4n) is 1.07. The molecule has 0 spiro atoms. The normalized spacial score (nSPS) is 26.4. The third-order valence-electron chi connectivity index (χ3n) is 1.68. The molecule has 1 aliphatic carbocycles. The number of aliphatic hydroxyl groups is 1. The summed E-state index contributed by atoms with van der Waals surface area (Å²) >= 11 is 0. The van der Waals surface area contributed by atoms with Gasteiger partial charge in [-0.25, -0.2) is 0 Å². The van der Waals surface area contributed by atoms with Crippen LogP contribution in [0.25, 0.3) is 0 Å². The number of aliphatic hydroxyl groups excluding tert-OH is 1. The van der Waals surface area contributed by atoms with Gasteiger partial charge in [-0.15, -0.1) is 0 Å². The zero-order chi connectivity index (χ0) is 6.69.